The van der Waals surface area contributed by atoms with Crippen molar-refractivity contribution in [3.8, 4) is 0 Å². The van der Waals surface area contributed by atoms with Crippen LogP contribution in [-0.2, 0) is 17.8 Å². The number of rotatable bonds is 7. The number of ether oxygens (including phenoxy) is 1. The van der Waals surface area contributed by atoms with Gasteiger partial charge in [-0.05, 0) is 48.7 Å². The third-order valence-corrected chi connectivity index (χ3v) is 5.88. The molecule has 0 radical (unpaired) electrons. The lowest BCUT2D eigenvalue weighted by Gasteiger charge is -2.26. The molecular weight excluding hydrogens is 440 g/mol. The van der Waals surface area contributed by atoms with E-state index < -0.39 is 5.82 Å². The fraction of sp³-hybridized carbons (Fsp3) is 0.304. The number of amides is 1. The molecule has 5 nitrogen and oxygen atoms in total. The minimum atomic E-state index is -0.443. The summed E-state index contributed by atoms with van der Waals surface area (Å²) in [4.78, 5) is 19.3. The molecule has 0 aliphatic carbocycles. The molecule has 31 heavy (non-hydrogen) atoms. The molecule has 1 saturated heterocycles. The van der Waals surface area contributed by atoms with Gasteiger partial charge in [0.05, 0.1) is 19.2 Å². The lowest BCUT2D eigenvalue weighted by Crippen LogP contribution is -2.37. The highest BCUT2D eigenvalue weighted by atomic mass is 35.5. The third kappa shape index (κ3) is 5.45. The second-order valence-electron chi connectivity index (χ2n) is 7.54. The van der Waals surface area contributed by atoms with Crippen LogP contribution in [0.3, 0.4) is 0 Å². The molecule has 0 bridgehead atoms. The topological polar surface area (TPSA) is 47.4 Å². The Labute approximate surface area is 190 Å². The number of aromatic nitrogens is 2. The number of carbonyl (C=O) groups is 1. The zero-order valence-electron chi connectivity index (χ0n) is 16.8. The minimum Gasteiger partial charge on any atom is -0.376 e. The molecule has 0 N–H and O–H groups in total. The van der Waals surface area contributed by atoms with Crippen molar-refractivity contribution in [3.05, 3.63) is 87.7 Å². The third-order valence-electron chi connectivity index (χ3n) is 5.30. The van der Waals surface area contributed by atoms with E-state index in [-0.39, 0.29) is 18.6 Å². The Balaban J connectivity index is 1.57. The van der Waals surface area contributed by atoms with Crippen molar-refractivity contribution >= 4 is 29.1 Å². The molecule has 1 fully saturated rings. The van der Waals surface area contributed by atoms with E-state index in [1.165, 1.54) is 18.2 Å². The molecule has 4 rings (SSSR count). The van der Waals surface area contributed by atoms with Gasteiger partial charge >= 0.3 is 0 Å². The lowest BCUT2D eigenvalue weighted by molar-refractivity contribution is 0.0498. The molecule has 3 aromatic rings. The van der Waals surface area contributed by atoms with Gasteiger partial charge in [0.15, 0.2) is 0 Å². The smallest absolute Gasteiger partial charge is 0.254 e. The summed E-state index contributed by atoms with van der Waals surface area (Å²) >= 11 is 12.3. The molecule has 1 aliphatic heterocycles. The van der Waals surface area contributed by atoms with E-state index in [2.05, 4.69) is 4.98 Å². The molecule has 2 heterocycles. The van der Waals surface area contributed by atoms with Crippen LogP contribution in [-0.4, -0.2) is 39.6 Å². The Morgan fingerprint density at radius 2 is 2.13 bits per heavy atom. The van der Waals surface area contributed by atoms with Crippen LogP contribution >= 0.6 is 23.2 Å². The van der Waals surface area contributed by atoms with Crippen molar-refractivity contribution < 1.29 is 13.9 Å². The number of imidazole rings is 1. The summed E-state index contributed by atoms with van der Waals surface area (Å²) in [7, 11) is 0. The van der Waals surface area contributed by atoms with Crippen LogP contribution in [0, 0.1) is 5.82 Å². The van der Waals surface area contributed by atoms with Crippen LogP contribution in [0.2, 0.25) is 10.0 Å². The van der Waals surface area contributed by atoms with Gasteiger partial charge in [-0.25, -0.2) is 9.37 Å². The number of nitrogens with zero attached hydrogens (tertiary/aromatic N) is 3. The number of halogens is 3. The monoisotopic (exact) mass is 461 g/mol. The first-order chi connectivity index (χ1) is 15.0. The van der Waals surface area contributed by atoms with Crippen molar-refractivity contribution in [1.82, 2.24) is 14.5 Å². The Morgan fingerprint density at radius 3 is 2.87 bits per heavy atom. The molecule has 1 atom stereocenters. The molecule has 162 valence electrons. The summed E-state index contributed by atoms with van der Waals surface area (Å²) < 4.78 is 21.4. The fourth-order valence-electron chi connectivity index (χ4n) is 3.70. The summed E-state index contributed by atoms with van der Waals surface area (Å²) in [6.45, 7) is 1.88. The van der Waals surface area contributed by atoms with Gasteiger partial charge in [-0.2, -0.15) is 0 Å². The van der Waals surface area contributed by atoms with Gasteiger partial charge in [-0.15, -0.1) is 0 Å². The predicted molar refractivity (Wildman–Crippen MR) is 118 cm³/mol. The summed E-state index contributed by atoms with van der Waals surface area (Å²) in [6.07, 6.45) is 5.36. The quantitative estimate of drug-likeness (QED) is 0.485. The van der Waals surface area contributed by atoms with E-state index in [9.17, 15) is 9.18 Å². The van der Waals surface area contributed by atoms with Gasteiger partial charge in [-0.3, -0.25) is 4.79 Å². The molecular formula is C23H22Cl2FN3O2. The molecule has 0 unspecified atom stereocenters. The number of hydrogen-bond donors (Lipinski definition) is 0. The molecule has 2 aromatic carbocycles. The summed E-state index contributed by atoms with van der Waals surface area (Å²) in [5.74, 6) is 0.00430. The highest BCUT2D eigenvalue weighted by Crippen LogP contribution is 2.23. The average Bonchev–Trinajstić information content (AvgIpc) is 3.41. The van der Waals surface area contributed by atoms with Gasteiger partial charge in [0.2, 0.25) is 0 Å². The van der Waals surface area contributed by atoms with Crippen LogP contribution in [0.15, 0.2) is 54.9 Å². The van der Waals surface area contributed by atoms with E-state index in [0.29, 0.717) is 41.1 Å². The summed E-state index contributed by atoms with van der Waals surface area (Å²) in [5, 5.41) is 1.14. The summed E-state index contributed by atoms with van der Waals surface area (Å²) in [6, 6.07) is 11.1. The first-order valence-electron chi connectivity index (χ1n) is 10.1. The zero-order chi connectivity index (χ0) is 21.8. The Bertz CT molecular complexity index is 1070. The molecule has 8 heteroatoms. The highest BCUT2D eigenvalue weighted by Gasteiger charge is 2.25. The summed E-state index contributed by atoms with van der Waals surface area (Å²) in [5.41, 5.74) is 1.20. The fourth-order valence-corrected chi connectivity index (χ4v) is 4.17. The van der Waals surface area contributed by atoms with Crippen molar-refractivity contribution in [2.45, 2.75) is 32.0 Å². The molecule has 1 aliphatic rings. The van der Waals surface area contributed by atoms with Gasteiger partial charge < -0.3 is 14.2 Å². The van der Waals surface area contributed by atoms with Gasteiger partial charge in [0.25, 0.3) is 5.91 Å². The predicted octanol–water partition coefficient (Wildman–Crippen LogP) is 5.20. The van der Waals surface area contributed by atoms with Crippen molar-refractivity contribution in [2.75, 3.05) is 13.2 Å². The zero-order valence-corrected chi connectivity index (χ0v) is 18.3. The average molecular weight is 462 g/mol. The van der Waals surface area contributed by atoms with Crippen molar-refractivity contribution in [3.63, 3.8) is 0 Å². The number of benzene rings is 2. The van der Waals surface area contributed by atoms with Crippen molar-refractivity contribution in [2.24, 2.45) is 0 Å². The Morgan fingerprint density at radius 1 is 1.26 bits per heavy atom. The van der Waals surface area contributed by atoms with Crippen LogP contribution < -0.4 is 0 Å². The Kier molecular flexibility index (Phi) is 6.90. The van der Waals surface area contributed by atoms with E-state index in [1.807, 2.05) is 16.8 Å². The maximum Gasteiger partial charge on any atom is 0.254 e. The van der Waals surface area contributed by atoms with E-state index in [0.717, 1.165) is 18.4 Å². The van der Waals surface area contributed by atoms with E-state index >= 15 is 0 Å². The maximum atomic E-state index is 13.7. The number of carbonyl (C=O) groups excluding carboxylic acids is 1. The van der Waals surface area contributed by atoms with Gasteiger partial charge in [0, 0.05) is 41.2 Å². The van der Waals surface area contributed by atoms with Crippen LogP contribution in [0.5, 0.6) is 0 Å². The normalized spacial score (nSPS) is 15.9. The van der Waals surface area contributed by atoms with E-state index in [1.54, 1.807) is 29.3 Å². The second kappa shape index (κ2) is 9.81. The number of hydrogen-bond acceptors (Lipinski definition) is 3. The van der Waals surface area contributed by atoms with E-state index in [4.69, 9.17) is 27.9 Å². The molecule has 1 aromatic heterocycles. The van der Waals surface area contributed by atoms with Gasteiger partial charge in [-0.1, -0.05) is 35.3 Å². The first-order valence-corrected chi connectivity index (χ1v) is 10.9. The first kappa shape index (κ1) is 21.8. The maximum absolute atomic E-state index is 13.7. The molecule has 0 spiro atoms. The van der Waals surface area contributed by atoms with Crippen LogP contribution in [0.4, 0.5) is 4.39 Å². The molecule has 0 saturated carbocycles. The highest BCUT2D eigenvalue weighted by molar-refractivity contribution is 6.35. The van der Waals surface area contributed by atoms with Gasteiger partial charge in [0.1, 0.15) is 11.6 Å². The van der Waals surface area contributed by atoms with Crippen LogP contribution in [0.25, 0.3) is 0 Å². The SMILES string of the molecule is O=C(c1cccc(F)c1)N(Cc1nccn1Cc1ccc(Cl)cc1Cl)C[C@@H]1CCCO1. The van der Waals surface area contributed by atoms with Crippen LogP contribution in [0.1, 0.15) is 34.6 Å². The largest absolute Gasteiger partial charge is 0.376 e. The molecule has 1 amide bonds. The van der Waals surface area contributed by atoms with Crippen molar-refractivity contribution in [1.29, 1.82) is 0 Å². The lowest BCUT2D eigenvalue weighted by atomic mass is 10.1. The Hall–Kier alpha value is -2.41. The second-order valence-corrected chi connectivity index (χ2v) is 8.38. The minimum absolute atomic E-state index is 0.0355. The standard InChI is InChI=1S/C23H22Cl2FN3O2/c24-18-7-6-17(21(25)12-18)13-28-9-8-27-22(28)15-29(14-20-5-2-10-31-20)23(30)16-3-1-4-19(26)11-16/h1,3-4,6-9,11-12,20H,2,5,10,13-15H2/t20-/m0/s1.